The summed E-state index contributed by atoms with van der Waals surface area (Å²) in [4.78, 5) is 23.9. The largest absolute Gasteiger partial charge is 0.352 e. The van der Waals surface area contributed by atoms with Gasteiger partial charge >= 0.3 is 0 Å². The van der Waals surface area contributed by atoms with E-state index in [0.717, 1.165) is 32.1 Å². The number of hydrogen-bond donors (Lipinski definition) is 3. The maximum absolute atomic E-state index is 12.1. The van der Waals surface area contributed by atoms with Crippen LogP contribution in [-0.4, -0.2) is 30.9 Å². The maximum atomic E-state index is 12.1. The summed E-state index contributed by atoms with van der Waals surface area (Å²) in [6.45, 7) is 0.662. The van der Waals surface area contributed by atoms with Gasteiger partial charge in [-0.25, -0.2) is 0 Å². The predicted octanol–water partition coefficient (Wildman–Crippen LogP) is 1.35. The van der Waals surface area contributed by atoms with Crippen LogP contribution < -0.4 is 16.4 Å². The number of halogens is 1. The summed E-state index contributed by atoms with van der Waals surface area (Å²) >= 11 is 0. The fourth-order valence-corrected chi connectivity index (χ4v) is 3.49. The van der Waals surface area contributed by atoms with Gasteiger partial charge in [0.05, 0.1) is 6.54 Å². The Morgan fingerprint density at radius 3 is 2.38 bits per heavy atom. The lowest BCUT2D eigenvalue weighted by Crippen LogP contribution is -2.44. The normalized spacial score (nSPS) is 26.0. The Morgan fingerprint density at radius 2 is 1.71 bits per heavy atom. The highest BCUT2D eigenvalue weighted by Gasteiger charge is 2.31. The summed E-state index contributed by atoms with van der Waals surface area (Å²) in [5.74, 6) is 0.225. The van der Waals surface area contributed by atoms with Crippen molar-refractivity contribution in [2.24, 2.45) is 17.6 Å². The van der Waals surface area contributed by atoms with Gasteiger partial charge in [-0.15, -0.1) is 12.4 Å². The van der Waals surface area contributed by atoms with Crippen molar-refractivity contribution >= 4 is 24.2 Å². The Labute approximate surface area is 133 Å². The van der Waals surface area contributed by atoms with Crippen molar-refractivity contribution in [1.29, 1.82) is 0 Å². The molecule has 2 aliphatic carbocycles. The van der Waals surface area contributed by atoms with E-state index in [1.54, 1.807) is 0 Å². The molecular formula is C15H28ClN3O2. The standard InChI is InChI=1S/C15H27N3O2.ClH/c16-9-11-5-4-8-13(11)15(20)17-10-14(19)18-12-6-2-1-3-7-12;/h11-13H,1-10,16H2,(H,17,20)(H,18,19);1H/t11-,13-;/m1./s1. The van der Waals surface area contributed by atoms with Crippen LogP contribution >= 0.6 is 12.4 Å². The van der Waals surface area contributed by atoms with E-state index in [1.165, 1.54) is 19.3 Å². The van der Waals surface area contributed by atoms with Crippen molar-refractivity contribution in [2.75, 3.05) is 13.1 Å². The zero-order valence-electron chi connectivity index (χ0n) is 12.6. The zero-order chi connectivity index (χ0) is 14.4. The molecule has 0 spiro atoms. The number of nitrogens with two attached hydrogens (primary N) is 1. The lowest BCUT2D eigenvalue weighted by molar-refractivity contribution is -0.129. The fourth-order valence-electron chi connectivity index (χ4n) is 3.49. The maximum Gasteiger partial charge on any atom is 0.239 e. The van der Waals surface area contributed by atoms with Crippen LogP contribution in [-0.2, 0) is 9.59 Å². The second-order valence-electron chi connectivity index (χ2n) is 6.15. The topological polar surface area (TPSA) is 84.2 Å². The summed E-state index contributed by atoms with van der Waals surface area (Å²) in [6, 6.07) is 0.302. The molecule has 122 valence electrons. The zero-order valence-corrected chi connectivity index (χ0v) is 13.4. The molecule has 6 heteroatoms. The molecule has 2 amide bonds. The summed E-state index contributed by atoms with van der Waals surface area (Å²) in [6.07, 6.45) is 8.78. The lowest BCUT2D eigenvalue weighted by atomic mass is 9.95. The number of carbonyl (C=O) groups excluding carboxylic acids is 2. The minimum absolute atomic E-state index is 0. The minimum atomic E-state index is -0.0625. The van der Waals surface area contributed by atoms with E-state index < -0.39 is 0 Å². The van der Waals surface area contributed by atoms with Crippen LogP contribution in [0.5, 0.6) is 0 Å². The van der Waals surface area contributed by atoms with Gasteiger partial charge in [-0.2, -0.15) is 0 Å². The average Bonchev–Trinajstić information content (AvgIpc) is 2.94. The van der Waals surface area contributed by atoms with E-state index >= 15 is 0 Å². The molecule has 0 aromatic rings. The molecule has 2 saturated carbocycles. The number of nitrogens with one attached hydrogen (secondary N) is 2. The van der Waals surface area contributed by atoms with Crippen LogP contribution in [0.25, 0.3) is 0 Å². The Kier molecular flexibility index (Phi) is 8.04. The molecular weight excluding hydrogens is 290 g/mol. The third kappa shape index (κ3) is 5.47. The number of carbonyl (C=O) groups is 2. The molecule has 0 radical (unpaired) electrons. The summed E-state index contributed by atoms with van der Waals surface area (Å²) in [5, 5.41) is 5.78. The highest BCUT2D eigenvalue weighted by molar-refractivity contribution is 5.86. The third-order valence-corrected chi connectivity index (χ3v) is 4.69. The van der Waals surface area contributed by atoms with Crippen LogP contribution in [0.4, 0.5) is 0 Å². The first-order valence-electron chi connectivity index (χ1n) is 7.98. The van der Waals surface area contributed by atoms with Gasteiger partial charge in [0.2, 0.25) is 11.8 Å². The summed E-state index contributed by atoms with van der Waals surface area (Å²) in [7, 11) is 0. The van der Waals surface area contributed by atoms with Crippen molar-refractivity contribution in [3.05, 3.63) is 0 Å². The van der Waals surface area contributed by atoms with E-state index in [9.17, 15) is 9.59 Å². The van der Waals surface area contributed by atoms with Gasteiger partial charge in [0, 0.05) is 12.0 Å². The molecule has 2 rings (SSSR count). The molecule has 0 unspecified atom stereocenters. The van der Waals surface area contributed by atoms with Gasteiger partial charge < -0.3 is 16.4 Å². The molecule has 0 aliphatic heterocycles. The van der Waals surface area contributed by atoms with Crippen LogP contribution in [0.3, 0.4) is 0 Å². The SMILES string of the molecule is Cl.NC[C@H]1CCC[C@H]1C(=O)NCC(=O)NC1CCCCC1. The molecule has 0 aromatic heterocycles. The van der Waals surface area contributed by atoms with Crippen molar-refractivity contribution in [3.63, 3.8) is 0 Å². The van der Waals surface area contributed by atoms with Crippen molar-refractivity contribution in [3.8, 4) is 0 Å². The number of rotatable bonds is 5. The van der Waals surface area contributed by atoms with E-state index in [4.69, 9.17) is 5.73 Å². The van der Waals surface area contributed by atoms with Gasteiger partial charge in [0.15, 0.2) is 0 Å². The van der Waals surface area contributed by atoms with E-state index in [1.807, 2.05) is 0 Å². The molecule has 4 N–H and O–H groups in total. The fraction of sp³-hybridized carbons (Fsp3) is 0.867. The first-order valence-corrected chi connectivity index (χ1v) is 7.98. The molecule has 2 aliphatic rings. The molecule has 0 aromatic carbocycles. The average molecular weight is 318 g/mol. The molecule has 21 heavy (non-hydrogen) atoms. The minimum Gasteiger partial charge on any atom is -0.352 e. The predicted molar refractivity (Wildman–Crippen MR) is 85.2 cm³/mol. The highest BCUT2D eigenvalue weighted by Crippen LogP contribution is 2.30. The van der Waals surface area contributed by atoms with Gasteiger partial charge in [0.25, 0.3) is 0 Å². The van der Waals surface area contributed by atoms with Gasteiger partial charge in [-0.05, 0) is 38.1 Å². The summed E-state index contributed by atoms with van der Waals surface area (Å²) < 4.78 is 0. The smallest absolute Gasteiger partial charge is 0.239 e. The van der Waals surface area contributed by atoms with E-state index in [-0.39, 0.29) is 42.6 Å². The quantitative estimate of drug-likeness (QED) is 0.715. The summed E-state index contributed by atoms with van der Waals surface area (Å²) in [5.41, 5.74) is 5.68. The molecule has 2 atom stereocenters. The Balaban J connectivity index is 0.00000220. The third-order valence-electron chi connectivity index (χ3n) is 4.69. The second-order valence-corrected chi connectivity index (χ2v) is 6.15. The molecule has 5 nitrogen and oxygen atoms in total. The Bertz CT molecular complexity index is 346. The first-order chi connectivity index (χ1) is 9.70. The highest BCUT2D eigenvalue weighted by atomic mass is 35.5. The van der Waals surface area contributed by atoms with Crippen LogP contribution in [0.1, 0.15) is 51.4 Å². The molecule has 0 saturated heterocycles. The van der Waals surface area contributed by atoms with Gasteiger partial charge in [-0.3, -0.25) is 9.59 Å². The molecule has 2 fully saturated rings. The monoisotopic (exact) mass is 317 g/mol. The van der Waals surface area contributed by atoms with Crippen molar-refractivity contribution < 1.29 is 9.59 Å². The number of amides is 2. The molecule has 0 heterocycles. The van der Waals surface area contributed by atoms with E-state index in [0.29, 0.717) is 12.6 Å². The Morgan fingerprint density at radius 1 is 1.00 bits per heavy atom. The first kappa shape index (κ1) is 18.2. The van der Waals surface area contributed by atoms with Crippen molar-refractivity contribution in [2.45, 2.75) is 57.4 Å². The van der Waals surface area contributed by atoms with Gasteiger partial charge in [-0.1, -0.05) is 25.7 Å². The molecule has 0 bridgehead atoms. The van der Waals surface area contributed by atoms with Crippen molar-refractivity contribution in [1.82, 2.24) is 10.6 Å². The Hall–Kier alpha value is -0.810. The second kappa shape index (κ2) is 9.26. The van der Waals surface area contributed by atoms with Gasteiger partial charge in [0.1, 0.15) is 0 Å². The number of hydrogen-bond acceptors (Lipinski definition) is 3. The lowest BCUT2D eigenvalue weighted by Gasteiger charge is -2.23. The van der Waals surface area contributed by atoms with Crippen LogP contribution in [0.2, 0.25) is 0 Å². The van der Waals surface area contributed by atoms with Crippen LogP contribution in [0.15, 0.2) is 0 Å². The van der Waals surface area contributed by atoms with E-state index in [2.05, 4.69) is 10.6 Å². The van der Waals surface area contributed by atoms with Crippen LogP contribution in [0, 0.1) is 11.8 Å².